The highest BCUT2D eigenvalue weighted by Crippen LogP contribution is 2.26. The number of fused-ring (bicyclic) bond motifs is 1. The van der Waals surface area contributed by atoms with Crippen molar-refractivity contribution in [2.24, 2.45) is 0 Å². The highest BCUT2D eigenvalue weighted by molar-refractivity contribution is 6.00. The summed E-state index contributed by atoms with van der Waals surface area (Å²) in [7, 11) is 1.53. The van der Waals surface area contributed by atoms with Gasteiger partial charge in [-0.1, -0.05) is 24.3 Å². The van der Waals surface area contributed by atoms with E-state index in [-0.39, 0.29) is 12.4 Å². The van der Waals surface area contributed by atoms with Gasteiger partial charge in [-0.2, -0.15) is 0 Å². The van der Waals surface area contributed by atoms with Crippen LogP contribution in [0.1, 0.15) is 34.8 Å². The van der Waals surface area contributed by atoms with Crippen molar-refractivity contribution >= 4 is 11.8 Å². The third kappa shape index (κ3) is 4.04. The number of esters is 1. The van der Waals surface area contributed by atoms with Gasteiger partial charge in [0.1, 0.15) is 0 Å². The topological polar surface area (TPSA) is 61.8 Å². The fraction of sp³-hybridized carbons (Fsp3) is 0.333. The quantitative estimate of drug-likeness (QED) is 0.563. The van der Waals surface area contributed by atoms with Gasteiger partial charge in [-0.15, -0.1) is 0 Å². The van der Waals surface area contributed by atoms with E-state index in [2.05, 4.69) is 0 Å². The fourth-order valence-corrected chi connectivity index (χ4v) is 3.12. The molecule has 136 valence electrons. The molecular weight excluding hydrogens is 332 g/mol. The standard InChI is InChI=1S/C21H22O5/c1-14(21(23)17-11-10-15-6-5-7-16(15)12-17)26-20(22)13-25-19-9-4-3-8-18(19)24-2/h3-4,8-12,14H,5-7,13H2,1-2H3. The van der Waals surface area contributed by atoms with Crippen LogP contribution in [-0.4, -0.2) is 31.6 Å². The van der Waals surface area contributed by atoms with Gasteiger partial charge in [0, 0.05) is 5.56 Å². The minimum absolute atomic E-state index is 0.203. The van der Waals surface area contributed by atoms with E-state index in [1.54, 1.807) is 31.2 Å². The summed E-state index contributed by atoms with van der Waals surface area (Å²) in [4.78, 5) is 24.5. The van der Waals surface area contributed by atoms with Crippen LogP contribution in [0.5, 0.6) is 11.5 Å². The minimum atomic E-state index is -0.858. The van der Waals surface area contributed by atoms with Gasteiger partial charge in [0.25, 0.3) is 0 Å². The third-order valence-corrected chi connectivity index (χ3v) is 4.48. The van der Waals surface area contributed by atoms with Gasteiger partial charge in [0.2, 0.25) is 5.78 Å². The molecule has 1 aliphatic rings. The van der Waals surface area contributed by atoms with E-state index in [0.717, 1.165) is 19.3 Å². The molecule has 0 bridgehead atoms. The molecule has 5 nitrogen and oxygen atoms in total. The maximum Gasteiger partial charge on any atom is 0.344 e. The lowest BCUT2D eigenvalue weighted by Gasteiger charge is -2.14. The first-order chi connectivity index (χ1) is 12.6. The molecule has 2 aromatic carbocycles. The maximum absolute atomic E-state index is 12.5. The number of ketones is 1. The molecular formula is C21H22O5. The second-order valence-electron chi connectivity index (χ2n) is 6.27. The number of para-hydroxylation sites is 2. The number of Topliss-reactive ketones (excluding diaryl/α,β-unsaturated/α-hetero) is 1. The average molecular weight is 354 g/mol. The van der Waals surface area contributed by atoms with E-state index in [1.807, 2.05) is 18.2 Å². The van der Waals surface area contributed by atoms with Gasteiger partial charge in [0.15, 0.2) is 24.2 Å². The van der Waals surface area contributed by atoms with Crippen molar-refractivity contribution in [2.75, 3.05) is 13.7 Å². The van der Waals surface area contributed by atoms with Gasteiger partial charge in [-0.3, -0.25) is 4.79 Å². The number of carbonyl (C=O) groups excluding carboxylic acids is 2. The molecule has 0 radical (unpaired) electrons. The van der Waals surface area contributed by atoms with Crippen LogP contribution in [0.15, 0.2) is 42.5 Å². The molecule has 0 N–H and O–H groups in total. The van der Waals surface area contributed by atoms with Gasteiger partial charge >= 0.3 is 5.97 Å². The maximum atomic E-state index is 12.5. The smallest absolute Gasteiger partial charge is 0.344 e. The first-order valence-electron chi connectivity index (χ1n) is 8.70. The Kier molecular flexibility index (Phi) is 5.56. The van der Waals surface area contributed by atoms with Crippen LogP contribution in [0.3, 0.4) is 0 Å². The lowest BCUT2D eigenvalue weighted by Crippen LogP contribution is -2.27. The monoisotopic (exact) mass is 354 g/mol. The molecule has 1 unspecified atom stereocenters. The Balaban J connectivity index is 1.56. The van der Waals surface area contributed by atoms with Crippen molar-refractivity contribution in [1.29, 1.82) is 0 Å². The van der Waals surface area contributed by atoms with Crippen molar-refractivity contribution in [3.8, 4) is 11.5 Å². The number of rotatable bonds is 7. The fourth-order valence-electron chi connectivity index (χ4n) is 3.12. The summed E-state index contributed by atoms with van der Waals surface area (Å²) in [6.07, 6.45) is 2.33. The molecule has 0 spiro atoms. The van der Waals surface area contributed by atoms with E-state index in [9.17, 15) is 9.59 Å². The number of carbonyl (C=O) groups is 2. The van der Waals surface area contributed by atoms with Gasteiger partial charge in [0.05, 0.1) is 7.11 Å². The van der Waals surface area contributed by atoms with E-state index < -0.39 is 12.1 Å². The Hall–Kier alpha value is -2.82. The van der Waals surface area contributed by atoms with E-state index in [0.29, 0.717) is 17.1 Å². The zero-order valence-electron chi connectivity index (χ0n) is 15.0. The molecule has 26 heavy (non-hydrogen) atoms. The summed E-state index contributed by atoms with van der Waals surface area (Å²) >= 11 is 0. The van der Waals surface area contributed by atoms with Crippen LogP contribution in [0, 0.1) is 0 Å². The van der Waals surface area contributed by atoms with Crippen molar-refractivity contribution in [3.05, 3.63) is 59.2 Å². The molecule has 0 aromatic heterocycles. The SMILES string of the molecule is COc1ccccc1OCC(=O)OC(C)C(=O)c1ccc2c(c1)CCC2. The van der Waals surface area contributed by atoms with Gasteiger partial charge in [-0.25, -0.2) is 4.79 Å². The van der Waals surface area contributed by atoms with Crippen LogP contribution in [0.2, 0.25) is 0 Å². The van der Waals surface area contributed by atoms with Crippen LogP contribution in [-0.2, 0) is 22.4 Å². The highest BCUT2D eigenvalue weighted by atomic mass is 16.6. The Morgan fingerprint density at radius 2 is 1.77 bits per heavy atom. The second kappa shape index (κ2) is 8.04. The normalized spacial score (nSPS) is 13.6. The van der Waals surface area contributed by atoms with Crippen molar-refractivity contribution in [2.45, 2.75) is 32.3 Å². The zero-order valence-corrected chi connectivity index (χ0v) is 15.0. The Labute approximate surface area is 152 Å². The molecule has 1 atom stereocenters. The van der Waals surface area contributed by atoms with Gasteiger partial charge < -0.3 is 14.2 Å². The predicted molar refractivity (Wildman–Crippen MR) is 96.8 cm³/mol. The van der Waals surface area contributed by atoms with Crippen molar-refractivity contribution in [1.82, 2.24) is 0 Å². The lowest BCUT2D eigenvalue weighted by molar-refractivity contribution is -0.148. The summed E-state index contributed by atoms with van der Waals surface area (Å²) in [5, 5.41) is 0. The molecule has 5 heteroatoms. The molecule has 3 rings (SSSR count). The largest absolute Gasteiger partial charge is 0.493 e. The third-order valence-electron chi connectivity index (χ3n) is 4.48. The molecule has 0 amide bonds. The summed E-state index contributed by atoms with van der Waals surface area (Å²) in [6, 6.07) is 12.7. The molecule has 2 aromatic rings. The van der Waals surface area contributed by atoms with Crippen LogP contribution in [0.25, 0.3) is 0 Å². The second-order valence-corrected chi connectivity index (χ2v) is 6.27. The van der Waals surface area contributed by atoms with Crippen LogP contribution >= 0.6 is 0 Å². The van der Waals surface area contributed by atoms with Crippen LogP contribution < -0.4 is 9.47 Å². The molecule has 0 saturated carbocycles. The van der Waals surface area contributed by atoms with E-state index >= 15 is 0 Å². The van der Waals surface area contributed by atoms with E-state index in [1.165, 1.54) is 18.2 Å². The lowest BCUT2D eigenvalue weighted by atomic mass is 10.0. The molecule has 0 heterocycles. The predicted octanol–water partition coefficient (Wildman–Crippen LogP) is 3.38. The summed E-state index contributed by atoms with van der Waals surface area (Å²) in [6.45, 7) is 1.29. The summed E-state index contributed by atoms with van der Waals surface area (Å²) < 4.78 is 15.8. The zero-order chi connectivity index (χ0) is 18.5. The Bertz CT molecular complexity index is 812. The minimum Gasteiger partial charge on any atom is -0.493 e. The molecule has 0 aliphatic heterocycles. The molecule has 0 saturated heterocycles. The number of hydrogen-bond donors (Lipinski definition) is 0. The number of aryl methyl sites for hydroxylation is 2. The number of methoxy groups -OCH3 is 1. The first-order valence-corrected chi connectivity index (χ1v) is 8.70. The van der Waals surface area contributed by atoms with E-state index in [4.69, 9.17) is 14.2 Å². The number of ether oxygens (including phenoxy) is 3. The Morgan fingerprint density at radius 1 is 1.04 bits per heavy atom. The van der Waals surface area contributed by atoms with Crippen LogP contribution in [0.4, 0.5) is 0 Å². The number of benzene rings is 2. The summed E-state index contributed by atoms with van der Waals surface area (Å²) in [5.41, 5.74) is 3.10. The number of hydrogen-bond acceptors (Lipinski definition) is 5. The van der Waals surface area contributed by atoms with Gasteiger partial charge in [-0.05, 0) is 55.5 Å². The first kappa shape index (κ1) is 18.0. The Morgan fingerprint density at radius 3 is 2.54 bits per heavy atom. The molecule has 1 aliphatic carbocycles. The summed E-state index contributed by atoms with van der Waals surface area (Å²) in [5.74, 6) is 0.176. The van der Waals surface area contributed by atoms with Crippen molar-refractivity contribution in [3.63, 3.8) is 0 Å². The highest BCUT2D eigenvalue weighted by Gasteiger charge is 2.22. The van der Waals surface area contributed by atoms with Crippen molar-refractivity contribution < 1.29 is 23.8 Å². The molecule has 0 fully saturated rings. The average Bonchev–Trinajstić information content (AvgIpc) is 3.13.